The van der Waals surface area contributed by atoms with Crippen molar-refractivity contribution >= 4 is 6.29 Å². The lowest BCUT2D eigenvalue weighted by molar-refractivity contribution is 0.0794. The maximum absolute atomic E-state index is 10.8. The van der Waals surface area contributed by atoms with E-state index in [1.165, 1.54) is 0 Å². The first kappa shape index (κ1) is 9.46. The molecular formula is C11H14O3. The maximum atomic E-state index is 10.8. The van der Waals surface area contributed by atoms with Gasteiger partial charge in [0, 0.05) is 17.0 Å². The molecular weight excluding hydrogens is 180 g/mol. The van der Waals surface area contributed by atoms with Gasteiger partial charge in [0.2, 0.25) is 0 Å². The van der Waals surface area contributed by atoms with Crippen molar-refractivity contribution in [1.82, 2.24) is 0 Å². The molecule has 0 radical (unpaired) electrons. The summed E-state index contributed by atoms with van der Waals surface area (Å²) in [5.41, 5.74) is 2.08. The van der Waals surface area contributed by atoms with E-state index >= 15 is 0 Å². The normalized spacial score (nSPS) is 20.9. The molecule has 0 bridgehead atoms. The van der Waals surface area contributed by atoms with Crippen molar-refractivity contribution in [2.24, 2.45) is 5.92 Å². The number of ether oxygens (including phenoxy) is 1. The monoisotopic (exact) mass is 194 g/mol. The molecule has 0 amide bonds. The molecule has 1 unspecified atom stereocenters. The number of furan rings is 1. The Bertz CT molecular complexity index is 338. The van der Waals surface area contributed by atoms with Crippen LogP contribution in [0.4, 0.5) is 0 Å². The summed E-state index contributed by atoms with van der Waals surface area (Å²) < 4.78 is 10.7. The molecule has 1 atom stereocenters. The maximum Gasteiger partial charge on any atom is 0.185 e. The van der Waals surface area contributed by atoms with Gasteiger partial charge in [0.05, 0.1) is 19.5 Å². The Hall–Kier alpha value is -1.09. The number of carbonyl (C=O) groups excluding carboxylic acids is 1. The van der Waals surface area contributed by atoms with Gasteiger partial charge in [-0.1, -0.05) is 13.8 Å². The highest BCUT2D eigenvalue weighted by Crippen LogP contribution is 2.35. The van der Waals surface area contributed by atoms with Crippen LogP contribution in [0.3, 0.4) is 0 Å². The first-order valence-electron chi connectivity index (χ1n) is 4.87. The average molecular weight is 194 g/mol. The molecule has 0 N–H and O–H groups in total. The summed E-state index contributed by atoms with van der Waals surface area (Å²) in [5, 5.41) is 0. The number of hydrogen-bond acceptors (Lipinski definition) is 3. The highest BCUT2D eigenvalue weighted by atomic mass is 16.5. The molecule has 1 aromatic rings. The standard InChI is InChI=1S/C11H14O3/c1-7(2)9-6-13-4-8-5-14-10(3-12)11(8)9/h3,5,7,9H,4,6H2,1-2H3. The summed E-state index contributed by atoms with van der Waals surface area (Å²) in [6, 6.07) is 0. The smallest absolute Gasteiger partial charge is 0.185 e. The van der Waals surface area contributed by atoms with Gasteiger partial charge in [-0.05, 0) is 5.92 Å². The number of rotatable bonds is 2. The lowest BCUT2D eigenvalue weighted by Crippen LogP contribution is -2.20. The molecule has 0 spiro atoms. The minimum absolute atomic E-state index is 0.290. The molecule has 1 aromatic heterocycles. The van der Waals surface area contributed by atoms with Crippen LogP contribution in [0.2, 0.25) is 0 Å². The molecule has 0 aliphatic carbocycles. The van der Waals surface area contributed by atoms with Gasteiger partial charge in [-0.25, -0.2) is 0 Å². The van der Waals surface area contributed by atoms with E-state index in [1.54, 1.807) is 6.26 Å². The van der Waals surface area contributed by atoms with Gasteiger partial charge in [-0.2, -0.15) is 0 Å². The van der Waals surface area contributed by atoms with E-state index in [0.717, 1.165) is 17.4 Å². The average Bonchev–Trinajstić information content (AvgIpc) is 2.59. The van der Waals surface area contributed by atoms with Crippen LogP contribution in [-0.2, 0) is 11.3 Å². The number of hydrogen-bond donors (Lipinski definition) is 0. The van der Waals surface area contributed by atoms with Gasteiger partial charge in [0.1, 0.15) is 0 Å². The lowest BCUT2D eigenvalue weighted by atomic mass is 9.86. The molecule has 0 aromatic carbocycles. The third-order valence-electron chi connectivity index (χ3n) is 2.78. The third-order valence-corrected chi connectivity index (χ3v) is 2.78. The van der Waals surface area contributed by atoms with Crippen LogP contribution >= 0.6 is 0 Å². The second kappa shape index (κ2) is 3.58. The van der Waals surface area contributed by atoms with Crippen LogP contribution < -0.4 is 0 Å². The Morgan fingerprint density at radius 1 is 1.57 bits per heavy atom. The Morgan fingerprint density at radius 2 is 2.36 bits per heavy atom. The van der Waals surface area contributed by atoms with Crippen LogP contribution in [0.5, 0.6) is 0 Å². The molecule has 0 saturated heterocycles. The molecule has 0 fully saturated rings. The molecule has 1 aliphatic rings. The number of carbonyl (C=O) groups is 1. The van der Waals surface area contributed by atoms with Crippen molar-refractivity contribution in [3.05, 3.63) is 23.2 Å². The highest BCUT2D eigenvalue weighted by molar-refractivity contribution is 5.74. The van der Waals surface area contributed by atoms with Crippen molar-refractivity contribution in [3.63, 3.8) is 0 Å². The van der Waals surface area contributed by atoms with Crippen molar-refractivity contribution in [1.29, 1.82) is 0 Å². The predicted molar refractivity (Wildman–Crippen MR) is 51.3 cm³/mol. The van der Waals surface area contributed by atoms with E-state index in [1.807, 2.05) is 0 Å². The Labute approximate surface area is 83.0 Å². The van der Waals surface area contributed by atoms with Crippen LogP contribution in [0.1, 0.15) is 41.4 Å². The molecule has 76 valence electrons. The van der Waals surface area contributed by atoms with Gasteiger partial charge in [0.25, 0.3) is 0 Å². The van der Waals surface area contributed by atoms with Crippen molar-refractivity contribution in [3.8, 4) is 0 Å². The SMILES string of the molecule is CC(C)C1COCc2coc(C=O)c21. The van der Waals surface area contributed by atoms with E-state index in [4.69, 9.17) is 9.15 Å². The Balaban J connectivity index is 2.44. The topological polar surface area (TPSA) is 39.4 Å². The third kappa shape index (κ3) is 1.38. The minimum Gasteiger partial charge on any atom is -0.461 e. The summed E-state index contributed by atoms with van der Waals surface area (Å²) >= 11 is 0. The van der Waals surface area contributed by atoms with Crippen molar-refractivity contribution in [2.45, 2.75) is 26.4 Å². The summed E-state index contributed by atoms with van der Waals surface area (Å²) in [6.07, 6.45) is 2.42. The molecule has 2 heterocycles. The van der Waals surface area contributed by atoms with Gasteiger partial charge < -0.3 is 9.15 Å². The van der Waals surface area contributed by atoms with Crippen LogP contribution in [0, 0.1) is 5.92 Å². The van der Waals surface area contributed by atoms with Gasteiger partial charge in [-0.15, -0.1) is 0 Å². The second-order valence-electron chi connectivity index (χ2n) is 4.02. The van der Waals surface area contributed by atoms with E-state index in [-0.39, 0.29) is 5.92 Å². The van der Waals surface area contributed by atoms with Crippen LogP contribution in [0.15, 0.2) is 10.7 Å². The van der Waals surface area contributed by atoms with Gasteiger partial charge in [-0.3, -0.25) is 4.79 Å². The quantitative estimate of drug-likeness (QED) is 0.678. The van der Waals surface area contributed by atoms with Crippen molar-refractivity contribution < 1.29 is 13.9 Å². The molecule has 14 heavy (non-hydrogen) atoms. The van der Waals surface area contributed by atoms with E-state index in [9.17, 15) is 4.79 Å². The molecule has 1 aliphatic heterocycles. The zero-order valence-electron chi connectivity index (χ0n) is 8.45. The Kier molecular flexibility index (Phi) is 2.42. The summed E-state index contributed by atoms with van der Waals surface area (Å²) in [5.74, 6) is 1.23. The second-order valence-corrected chi connectivity index (χ2v) is 4.02. The largest absolute Gasteiger partial charge is 0.461 e. The zero-order chi connectivity index (χ0) is 10.1. The highest BCUT2D eigenvalue weighted by Gasteiger charge is 2.28. The lowest BCUT2D eigenvalue weighted by Gasteiger charge is -2.25. The first-order chi connectivity index (χ1) is 6.74. The summed E-state index contributed by atoms with van der Waals surface area (Å²) in [7, 11) is 0. The van der Waals surface area contributed by atoms with E-state index in [0.29, 0.717) is 24.9 Å². The van der Waals surface area contributed by atoms with Gasteiger partial charge in [0.15, 0.2) is 12.0 Å². The number of aldehydes is 1. The zero-order valence-corrected chi connectivity index (χ0v) is 8.45. The van der Waals surface area contributed by atoms with Gasteiger partial charge >= 0.3 is 0 Å². The van der Waals surface area contributed by atoms with Crippen LogP contribution in [-0.4, -0.2) is 12.9 Å². The van der Waals surface area contributed by atoms with Crippen molar-refractivity contribution in [2.75, 3.05) is 6.61 Å². The summed E-state index contributed by atoms with van der Waals surface area (Å²) in [6.45, 7) is 5.51. The fraction of sp³-hybridized carbons (Fsp3) is 0.545. The van der Waals surface area contributed by atoms with Crippen LogP contribution in [0.25, 0.3) is 0 Å². The molecule has 2 rings (SSSR count). The fourth-order valence-corrected chi connectivity index (χ4v) is 1.95. The van der Waals surface area contributed by atoms with E-state index < -0.39 is 0 Å². The Morgan fingerprint density at radius 3 is 3.00 bits per heavy atom. The fourth-order valence-electron chi connectivity index (χ4n) is 1.95. The molecule has 0 saturated carbocycles. The first-order valence-corrected chi connectivity index (χ1v) is 4.87. The summed E-state index contributed by atoms with van der Waals surface area (Å²) in [4.78, 5) is 10.8. The van der Waals surface area contributed by atoms with E-state index in [2.05, 4.69) is 13.8 Å². The minimum atomic E-state index is 0.290. The predicted octanol–water partition coefficient (Wildman–Crippen LogP) is 2.36. The molecule has 3 heteroatoms. The number of fused-ring (bicyclic) bond motifs is 1. The molecule has 3 nitrogen and oxygen atoms in total.